The maximum atomic E-state index is 5.97. The molecule has 2 saturated carbocycles. The fourth-order valence-corrected chi connectivity index (χ4v) is 3.52. The number of hydrogen-bond donors (Lipinski definition) is 1. The molecule has 2 heteroatoms. The van der Waals surface area contributed by atoms with Crippen LogP contribution in [-0.2, 0) is 0 Å². The molecule has 2 N–H and O–H groups in total. The number of nitrogens with two attached hydrogens (primary N) is 1. The van der Waals surface area contributed by atoms with Crippen LogP contribution in [-0.4, -0.2) is 30.1 Å². The summed E-state index contributed by atoms with van der Waals surface area (Å²) in [5.41, 5.74) is 5.97. The number of nitrogens with zero attached hydrogens (tertiary/aromatic N) is 1. The number of hydrogen-bond acceptors (Lipinski definition) is 2. The highest BCUT2D eigenvalue weighted by molar-refractivity contribution is 4.94. The van der Waals surface area contributed by atoms with E-state index in [1.165, 1.54) is 45.1 Å². The van der Waals surface area contributed by atoms with Crippen molar-refractivity contribution in [2.24, 2.45) is 17.6 Å². The zero-order valence-corrected chi connectivity index (χ0v) is 11.0. The van der Waals surface area contributed by atoms with E-state index >= 15 is 0 Å². The van der Waals surface area contributed by atoms with E-state index in [0.29, 0.717) is 0 Å². The summed E-state index contributed by atoms with van der Waals surface area (Å²) in [6.07, 6.45) is 8.40. The van der Waals surface area contributed by atoms with Gasteiger partial charge in [-0.1, -0.05) is 26.7 Å². The molecule has 3 unspecified atom stereocenters. The molecule has 2 nitrogen and oxygen atoms in total. The Kier molecular flexibility index (Phi) is 4.26. The van der Waals surface area contributed by atoms with E-state index in [1.54, 1.807) is 0 Å². The molecule has 94 valence electrons. The molecule has 2 aliphatic carbocycles. The van der Waals surface area contributed by atoms with Gasteiger partial charge >= 0.3 is 0 Å². The Hall–Kier alpha value is -0.0800. The Morgan fingerprint density at radius 3 is 2.38 bits per heavy atom. The summed E-state index contributed by atoms with van der Waals surface area (Å²) in [5, 5.41) is 0. The first-order valence-corrected chi connectivity index (χ1v) is 7.25. The normalized spacial score (nSPS) is 35.6. The molecule has 2 rings (SSSR count). The predicted octanol–water partition coefficient (Wildman–Crippen LogP) is 2.62. The second-order valence-corrected chi connectivity index (χ2v) is 5.71. The van der Waals surface area contributed by atoms with Crippen LogP contribution in [0.25, 0.3) is 0 Å². The molecule has 0 saturated heterocycles. The monoisotopic (exact) mass is 224 g/mol. The Bertz CT molecular complexity index is 213. The fourth-order valence-electron chi connectivity index (χ4n) is 3.52. The highest BCUT2D eigenvalue weighted by atomic mass is 15.2. The van der Waals surface area contributed by atoms with E-state index in [9.17, 15) is 0 Å². The minimum Gasteiger partial charge on any atom is -0.330 e. The zero-order chi connectivity index (χ0) is 11.5. The van der Waals surface area contributed by atoms with Gasteiger partial charge in [-0.05, 0) is 50.6 Å². The van der Waals surface area contributed by atoms with Gasteiger partial charge in [0.05, 0.1) is 0 Å². The predicted molar refractivity (Wildman–Crippen MR) is 69.4 cm³/mol. The Balaban J connectivity index is 2.00. The molecule has 0 bridgehead atoms. The van der Waals surface area contributed by atoms with Crippen LogP contribution >= 0.6 is 0 Å². The van der Waals surface area contributed by atoms with Crippen LogP contribution in [0.3, 0.4) is 0 Å². The smallest absolute Gasteiger partial charge is 0.0141 e. The van der Waals surface area contributed by atoms with Gasteiger partial charge in [0.15, 0.2) is 0 Å². The third kappa shape index (κ3) is 2.60. The molecular formula is C14H28N2. The highest BCUT2D eigenvalue weighted by Gasteiger charge is 2.38. The topological polar surface area (TPSA) is 29.3 Å². The van der Waals surface area contributed by atoms with Gasteiger partial charge in [0.2, 0.25) is 0 Å². The fraction of sp³-hybridized carbons (Fsp3) is 1.00. The molecule has 0 amide bonds. The molecule has 0 spiro atoms. The van der Waals surface area contributed by atoms with Crippen molar-refractivity contribution < 1.29 is 0 Å². The highest BCUT2D eigenvalue weighted by Crippen LogP contribution is 2.38. The van der Waals surface area contributed by atoms with Gasteiger partial charge in [-0.25, -0.2) is 0 Å². The van der Waals surface area contributed by atoms with E-state index in [0.717, 1.165) is 30.5 Å². The molecule has 0 aromatic carbocycles. The van der Waals surface area contributed by atoms with Crippen molar-refractivity contribution in [3.8, 4) is 0 Å². The zero-order valence-electron chi connectivity index (χ0n) is 11.0. The molecule has 2 fully saturated rings. The lowest BCUT2D eigenvalue weighted by molar-refractivity contribution is 0.0783. The second kappa shape index (κ2) is 5.50. The van der Waals surface area contributed by atoms with Crippen LogP contribution in [0.4, 0.5) is 0 Å². The third-order valence-electron chi connectivity index (χ3n) is 4.75. The van der Waals surface area contributed by atoms with Crippen LogP contribution in [0.15, 0.2) is 0 Å². The summed E-state index contributed by atoms with van der Waals surface area (Å²) in [7, 11) is 0. The van der Waals surface area contributed by atoms with Crippen molar-refractivity contribution in [3.63, 3.8) is 0 Å². The minimum absolute atomic E-state index is 0.767. The lowest BCUT2D eigenvalue weighted by Gasteiger charge is -2.42. The van der Waals surface area contributed by atoms with Crippen molar-refractivity contribution >= 4 is 0 Å². The first-order valence-electron chi connectivity index (χ1n) is 7.25. The van der Waals surface area contributed by atoms with Crippen molar-refractivity contribution in [1.82, 2.24) is 4.90 Å². The first-order chi connectivity index (χ1) is 7.80. The third-order valence-corrected chi connectivity index (χ3v) is 4.75. The molecule has 16 heavy (non-hydrogen) atoms. The van der Waals surface area contributed by atoms with Crippen molar-refractivity contribution in [2.75, 3.05) is 13.1 Å². The van der Waals surface area contributed by atoms with E-state index in [4.69, 9.17) is 5.73 Å². The lowest BCUT2D eigenvalue weighted by Crippen LogP contribution is -2.47. The largest absolute Gasteiger partial charge is 0.330 e. The molecule has 0 heterocycles. The van der Waals surface area contributed by atoms with Crippen LogP contribution in [0.2, 0.25) is 0 Å². The van der Waals surface area contributed by atoms with Crippen LogP contribution in [0, 0.1) is 11.8 Å². The minimum atomic E-state index is 0.767. The molecular weight excluding hydrogens is 196 g/mol. The van der Waals surface area contributed by atoms with Crippen LogP contribution in [0.5, 0.6) is 0 Å². The lowest BCUT2D eigenvalue weighted by atomic mass is 9.76. The Morgan fingerprint density at radius 2 is 1.88 bits per heavy atom. The van der Waals surface area contributed by atoms with Crippen LogP contribution in [0.1, 0.15) is 52.4 Å². The Labute approximate surface area is 101 Å². The molecule has 3 atom stereocenters. The van der Waals surface area contributed by atoms with Gasteiger partial charge in [0.25, 0.3) is 0 Å². The van der Waals surface area contributed by atoms with Gasteiger partial charge < -0.3 is 5.73 Å². The van der Waals surface area contributed by atoms with Gasteiger partial charge in [0.1, 0.15) is 0 Å². The van der Waals surface area contributed by atoms with E-state index in [2.05, 4.69) is 18.7 Å². The van der Waals surface area contributed by atoms with Crippen molar-refractivity contribution in [2.45, 2.75) is 64.5 Å². The van der Waals surface area contributed by atoms with Crippen molar-refractivity contribution in [3.05, 3.63) is 0 Å². The summed E-state index contributed by atoms with van der Waals surface area (Å²) in [6, 6.07) is 1.70. The first kappa shape index (κ1) is 12.4. The maximum absolute atomic E-state index is 5.97. The molecule has 0 aromatic rings. The average molecular weight is 224 g/mol. The van der Waals surface area contributed by atoms with Gasteiger partial charge in [0, 0.05) is 12.1 Å². The standard InChI is InChI=1S/C14H28N2/c1-3-11-5-6-12(10-15)14(9-11)16(4-2)13-7-8-13/h11-14H,3-10,15H2,1-2H3. The van der Waals surface area contributed by atoms with Gasteiger partial charge in [-0.15, -0.1) is 0 Å². The molecule has 0 aliphatic heterocycles. The van der Waals surface area contributed by atoms with E-state index in [1.807, 2.05) is 0 Å². The molecule has 0 radical (unpaired) electrons. The van der Waals surface area contributed by atoms with Gasteiger partial charge in [-0.2, -0.15) is 0 Å². The van der Waals surface area contributed by atoms with E-state index < -0.39 is 0 Å². The second-order valence-electron chi connectivity index (χ2n) is 5.71. The Morgan fingerprint density at radius 1 is 1.12 bits per heavy atom. The SMILES string of the molecule is CCC1CCC(CN)C(N(CC)C2CC2)C1. The summed E-state index contributed by atoms with van der Waals surface area (Å²) < 4.78 is 0. The summed E-state index contributed by atoms with van der Waals surface area (Å²) in [4.78, 5) is 2.76. The summed E-state index contributed by atoms with van der Waals surface area (Å²) in [5.74, 6) is 1.73. The number of rotatable bonds is 5. The van der Waals surface area contributed by atoms with E-state index in [-0.39, 0.29) is 0 Å². The molecule has 0 aromatic heterocycles. The van der Waals surface area contributed by atoms with Gasteiger partial charge in [-0.3, -0.25) is 4.90 Å². The summed E-state index contributed by atoms with van der Waals surface area (Å²) >= 11 is 0. The maximum Gasteiger partial charge on any atom is 0.0141 e. The van der Waals surface area contributed by atoms with Crippen molar-refractivity contribution in [1.29, 1.82) is 0 Å². The van der Waals surface area contributed by atoms with Crippen LogP contribution < -0.4 is 5.73 Å². The quantitative estimate of drug-likeness (QED) is 0.778. The average Bonchev–Trinajstić information content (AvgIpc) is 3.14. The molecule has 2 aliphatic rings. The summed E-state index contributed by atoms with van der Waals surface area (Å²) in [6.45, 7) is 6.78.